The SMILES string of the molecule is COc1ccc2nc(-n3nc(C)cc3NC(=O)c3cc(Cl)ccc3OC)sc2c1. The molecule has 29 heavy (non-hydrogen) atoms. The Bertz CT molecular complexity index is 1220. The van der Waals surface area contributed by atoms with Crippen LogP contribution in [0.5, 0.6) is 11.5 Å². The second-order valence-corrected chi connectivity index (χ2v) is 7.66. The largest absolute Gasteiger partial charge is 0.497 e. The number of methoxy groups -OCH3 is 2. The summed E-state index contributed by atoms with van der Waals surface area (Å²) in [6, 6.07) is 12.3. The number of amides is 1. The first kappa shape index (κ1) is 19.2. The third kappa shape index (κ3) is 3.76. The Hall–Kier alpha value is -3.10. The molecule has 0 fully saturated rings. The van der Waals surface area contributed by atoms with E-state index in [4.69, 9.17) is 21.1 Å². The van der Waals surface area contributed by atoms with Gasteiger partial charge >= 0.3 is 0 Å². The van der Waals surface area contributed by atoms with Gasteiger partial charge in [0, 0.05) is 11.1 Å². The summed E-state index contributed by atoms with van der Waals surface area (Å²) in [4.78, 5) is 17.5. The average molecular weight is 429 g/mol. The molecule has 0 radical (unpaired) electrons. The topological polar surface area (TPSA) is 78.3 Å². The lowest BCUT2D eigenvalue weighted by Gasteiger charge is -2.10. The van der Waals surface area contributed by atoms with Gasteiger partial charge in [-0.1, -0.05) is 22.9 Å². The Kier molecular flexibility index (Phi) is 5.12. The number of carbonyl (C=O) groups excluding carboxylic acids is 1. The summed E-state index contributed by atoms with van der Waals surface area (Å²) in [5, 5.41) is 8.45. The Balaban J connectivity index is 1.71. The zero-order valence-electron chi connectivity index (χ0n) is 15.9. The van der Waals surface area contributed by atoms with Crippen LogP contribution in [0.4, 0.5) is 5.82 Å². The van der Waals surface area contributed by atoms with E-state index in [9.17, 15) is 4.79 Å². The number of hydrogen-bond acceptors (Lipinski definition) is 6. The number of thiazole rings is 1. The second-order valence-electron chi connectivity index (χ2n) is 6.21. The van der Waals surface area contributed by atoms with E-state index in [0.29, 0.717) is 27.3 Å². The van der Waals surface area contributed by atoms with E-state index in [1.165, 1.54) is 18.4 Å². The molecule has 0 aliphatic heterocycles. The fraction of sp³-hybridized carbons (Fsp3) is 0.150. The Morgan fingerprint density at radius 2 is 1.97 bits per heavy atom. The predicted molar refractivity (Wildman–Crippen MR) is 114 cm³/mol. The summed E-state index contributed by atoms with van der Waals surface area (Å²) in [5.41, 5.74) is 1.90. The number of fused-ring (bicyclic) bond motifs is 1. The molecule has 0 spiro atoms. The summed E-state index contributed by atoms with van der Waals surface area (Å²) < 4.78 is 13.1. The molecule has 2 heterocycles. The first-order valence-corrected chi connectivity index (χ1v) is 9.84. The number of anilines is 1. The minimum atomic E-state index is -0.353. The van der Waals surface area contributed by atoms with Crippen molar-refractivity contribution in [2.24, 2.45) is 0 Å². The molecular formula is C20H17ClN4O3S. The summed E-state index contributed by atoms with van der Waals surface area (Å²) in [7, 11) is 3.13. The maximum absolute atomic E-state index is 12.9. The normalized spacial score (nSPS) is 10.9. The molecule has 0 unspecified atom stereocenters. The zero-order valence-corrected chi connectivity index (χ0v) is 17.5. The molecule has 148 valence electrons. The van der Waals surface area contributed by atoms with Gasteiger partial charge in [0.25, 0.3) is 5.91 Å². The number of benzene rings is 2. The number of carbonyl (C=O) groups is 1. The molecule has 0 bridgehead atoms. The minimum absolute atomic E-state index is 0.333. The van der Waals surface area contributed by atoms with Crippen LogP contribution in [0.15, 0.2) is 42.5 Å². The van der Waals surface area contributed by atoms with E-state index >= 15 is 0 Å². The van der Waals surface area contributed by atoms with E-state index in [1.807, 2.05) is 25.1 Å². The van der Waals surface area contributed by atoms with Gasteiger partial charge in [-0.15, -0.1) is 0 Å². The van der Waals surface area contributed by atoms with Gasteiger partial charge in [0.05, 0.1) is 35.7 Å². The monoisotopic (exact) mass is 428 g/mol. The van der Waals surface area contributed by atoms with Gasteiger partial charge in [-0.2, -0.15) is 9.78 Å². The maximum atomic E-state index is 12.9. The van der Waals surface area contributed by atoms with Crippen LogP contribution in [0, 0.1) is 6.92 Å². The lowest BCUT2D eigenvalue weighted by Crippen LogP contribution is -2.16. The van der Waals surface area contributed by atoms with Crippen LogP contribution >= 0.6 is 22.9 Å². The molecule has 7 nitrogen and oxygen atoms in total. The van der Waals surface area contributed by atoms with Crippen LogP contribution in [-0.2, 0) is 0 Å². The lowest BCUT2D eigenvalue weighted by atomic mass is 10.2. The highest BCUT2D eigenvalue weighted by Crippen LogP contribution is 2.30. The Morgan fingerprint density at radius 3 is 2.72 bits per heavy atom. The first-order chi connectivity index (χ1) is 14.0. The van der Waals surface area contributed by atoms with Crippen molar-refractivity contribution in [1.29, 1.82) is 0 Å². The van der Waals surface area contributed by atoms with Crippen LogP contribution in [0.2, 0.25) is 5.02 Å². The van der Waals surface area contributed by atoms with Gasteiger partial charge in [0.2, 0.25) is 5.13 Å². The first-order valence-electron chi connectivity index (χ1n) is 8.65. The van der Waals surface area contributed by atoms with E-state index in [1.54, 1.807) is 36.1 Å². The van der Waals surface area contributed by atoms with Gasteiger partial charge in [-0.25, -0.2) is 4.98 Å². The van der Waals surface area contributed by atoms with Crippen molar-refractivity contribution in [3.05, 3.63) is 58.7 Å². The van der Waals surface area contributed by atoms with Crippen molar-refractivity contribution in [3.63, 3.8) is 0 Å². The van der Waals surface area contributed by atoms with Crippen molar-refractivity contribution < 1.29 is 14.3 Å². The van der Waals surface area contributed by atoms with Gasteiger partial charge in [-0.3, -0.25) is 4.79 Å². The number of rotatable bonds is 5. The summed E-state index contributed by atoms with van der Waals surface area (Å²) in [6.07, 6.45) is 0. The number of halogens is 1. The Morgan fingerprint density at radius 1 is 1.14 bits per heavy atom. The summed E-state index contributed by atoms with van der Waals surface area (Å²) in [5.74, 6) is 1.33. The van der Waals surface area contributed by atoms with Crippen molar-refractivity contribution >= 4 is 44.9 Å². The number of hydrogen-bond donors (Lipinski definition) is 1. The predicted octanol–water partition coefficient (Wildman–Crippen LogP) is 4.71. The molecule has 1 amide bonds. The molecule has 0 saturated carbocycles. The van der Waals surface area contributed by atoms with Gasteiger partial charge < -0.3 is 14.8 Å². The molecule has 4 aromatic rings. The van der Waals surface area contributed by atoms with Crippen molar-refractivity contribution in [1.82, 2.24) is 14.8 Å². The minimum Gasteiger partial charge on any atom is -0.497 e. The molecule has 1 N–H and O–H groups in total. The molecule has 0 aliphatic carbocycles. The maximum Gasteiger partial charge on any atom is 0.260 e. The molecule has 2 aromatic carbocycles. The smallest absolute Gasteiger partial charge is 0.260 e. The van der Waals surface area contributed by atoms with E-state index in [0.717, 1.165) is 21.7 Å². The van der Waals surface area contributed by atoms with E-state index < -0.39 is 0 Å². The molecular weight excluding hydrogens is 412 g/mol. The summed E-state index contributed by atoms with van der Waals surface area (Å²) in [6.45, 7) is 1.85. The highest BCUT2D eigenvalue weighted by molar-refractivity contribution is 7.20. The van der Waals surface area contributed by atoms with Gasteiger partial charge in [0.15, 0.2) is 0 Å². The summed E-state index contributed by atoms with van der Waals surface area (Å²) >= 11 is 7.50. The second kappa shape index (κ2) is 7.73. The van der Waals surface area contributed by atoms with Crippen molar-refractivity contribution in [2.75, 3.05) is 19.5 Å². The molecule has 4 rings (SSSR count). The fourth-order valence-electron chi connectivity index (χ4n) is 2.89. The van der Waals surface area contributed by atoms with E-state index in [2.05, 4.69) is 15.4 Å². The third-order valence-corrected chi connectivity index (χ3v) is 5.47. The number of nitrogens with zero attached hydrogens (tertiary/aromatic N) is 3. The number of aryl methyl sites for hydroxylation is 1. The van der Waals surface area contributed by atoms with Crippen LogP contribution in [-0.4, -0.2) is 34.9 Å². The van der Waals surface area contributed by atoms with Gasteiger partial charge in [0.1, 0.15) is 17.3 Å². The number of nitrogens with one attached hydrogen (secondary N) is 1. The Labute approximate surface area is 175 Å². The average Bonchev–Trinajstić information content (AvgIpc) is 3.29. The molecule has 9 heteroatoms. The zero-order chi connectivity index (χ0) is 20.5. The van der Waals surface area contributed by atoms with Crippen LogP contribution in [0.3, 0.4) is 0 Å². The third-order valence-electron chi connectivity index (χ3n) is 4.24. The van der Waals surface area contributed by atoms with Crippen LogP contribution in [0.1, 0.15) is 16.1 Å². The molecule has 0 saturated heterocycles. The van der Waals surface area contributed by atoms with Crippen molar-refractivity contribution in [2.45, 2.75) is 6.92 Å². The highest BCUT2D eigenvalue weighted by atomic mass is 35.5. The highest BCUT2D eigenvalue weighted by Gasteiger charge is 2.18. The van der Waals surface area contributed by atoms with E-state index in [-0.39, 0.29) is 5.91 Å². The number of aromatic nitrogens is 3. The van der Waals surface area contributed by atoms with Gasteiger partial charge in [-0.05, 0) is 43.3 Å². The van der Waals surface area contributed by atoms with Crippen LogP contribution in [0.25, 0.3) is 15.3 Å². The number of ether oxygens (including phenoxy) is 2. The lowest BCUT2D eigenvalue weighted by molar-refractivity contribution is 0.102. The van der Waals surface area contributed by atoms with Crippen LogP contribution < -0.4 is 14.8 Å². The van der Waals surface area contributed by atoms with Crippen molar-refractivity contribution in [3.8, 4) is 16.6 Å². The fourth-order valence-corrected chi connectivity index (χ4v) is 4.02. The quantitative estimate of drug-likeness (QED) is 0.498. The molecule has 0 aliphatic rings. The molecule has 0 atom stereocenters. The molecule has 2 aromatic heterocycles. The standard InChI is InChI=1S/C20H17ClN4O3S/c1-11-8-18(23-19(26)14-9-12(21)4-7-16(14)28-3)25(24-11)20-22-15-6-5-13(27-2)10-17(15)29-20/h4-10H,1-3H3,(H,23,26).